The Bertz CT molecular complexity index is 4600. The third kappa shape index (κ3) is 11.4. The van der Waals surface area contributed by atoms with Gasteiger partial charge in [0.2, 0.25) is 0 Å². The number of hydrogen-bond donors (Lipinski definition) is 1. The van der Waals surface area contributed by atoms with Crippen molar-refractivity contribution in [3.05, 3.63) is 163 Å². The third-order valence-electron chi connectivity index (χ3n) is 17.7. The number of unbranched alkanes of at least 4 members (excludes halogenated alkanes) is 18. The number of nitrogens with zero attached hydrogens (tertiary/aromatic N) is 5. The molecule has 0 fully saturated rings. The summed E-state index contributed by atoms with van der Waals surface area (Å²) in [6.07, 6.45) is 25.0. The molecule has 8 aromatic carbocycles. The van der Waals surface area contributed by atoms with Crippen molar-refractivity contribution in [2.45, 2.75) is 156 Å². The van der Waals surface area contributed by atoms with Crippen molar-refractivity contribution in [3.8, 4) is 44.9 Å². The summed E-state index contributed by atoms with van der Waals surface area (Å²) in [5, 5.41) is 18.6. The van der Waals surface area contributed by atoms with E-state index in [1.54, 1.807) is 10.5 Å². The van der Waals surface area contributed by atoms with Crippen LogP contribution < -0.4 is 26.3 Å². The highest BCUT2D eigenvalue weighted by atomic mass is 16.6. The lowest BCUT2D eigenvalue weighted by atomic mass is 9.90. The topological polar surface area (TPSA) is 156 Å². The second kappa shape index (κ2) is 25.5. The van der Waals surface area contributed by atoms with E-state index in [0.717, 1.165) is 91.9 Å². The number of non-ortho nitro benzene ring substituents is 1. The highest BCUT2D eigenvalue weighted by molar-refractivity contribution is 6.24. The van der Waals surface area contributed by atoms with Crippen LogP contribution in [0.4, 0.5) is 11.4 Å². The standard InChI is InChI=1S/C74H78N6O6/c1-5-7-9-11-13-15-17-19-21-23-35-85-53-39-47(3)37-49(41-53)51-43-63(75)69-64(44-51)78-71(76-69)59-29-25-27-57-55(31-33-61(67(57)59)73(78)81)56-32-34-62-68-58(56)28-26-30-60(68)72-77-70-65(79(72)74(62)82)45-52(46-66(70)80(83)84)50-38-48(4)40-54(42-50)86-36-24-22-20-18-16-14-12-10-8-6-2/h25-34,37-46H,5-24,35-36,75H2,1-4H3. The van der Waals surface area contributed by atoms with Gasteiger partial charge in [0.05, 0.1) is 34.9 Å². The number of nitro benzene ring substituents is 1. The van der Waals surface area contributed by atoms with E-state index in [1.165, 1.54) is 107 Å². The molecule has 0 radical (unpaired) electrons. The molecule has 86 heavy (non-hydrogen) atoms. The first kappa shape index (κ1) is 57.8. The van der Waals surface area contributed by atoms with E-state index >= 15 is 9.59 Å². The lowest BCUT2D eigenvalue weighted by Gasteiger charge is -2.15. The molecule has 0 spiro atoms. The molecule has 2 N–H and O–H groups in total. The average Bonchev–Trinajstić information content (AvgIpc) is 1.53. The molecule has 440 valence electrons. The van der Waals surface area contributed by atoms with Crippen LogP contribution in [0.5, 0.6) is 11.5 Å². The summed E-state index contributed by atoms with van der Waals surface area (Å²) in [7, 11) is 0. The monoisotopic (exact) mass is 1150 g/mol. The van der Waals surface area contributed by atoms with E-state index in [-0.39, 0.29) is 22.3 Å². The maximum atomic E-state index is 15.0. The Hall–Kier alpha value is -8.64. The molecule has 0 atom stereocenters. The summed E-state index contributed by atoms with van der Waals surface area (Å²) >= 11 is 0. The van der Waals surface area contributed by atoms with Gasteiger partial charge in [-0.15, -0.1) is 0 Å². The average molecular weight is 1150 g/mol. The Morgan fingerprint density at radius 3 is 1.30 bits per heavy atom. The smallest absolute Gasteiger partial charge is 0.297 e. The van der Waals surface area contributed by atoms with Gasteiger partial charge in [0.1, 0.15) is 28.3 Å². The van der Waals surface area contributed by atoms with E-state index < -0.39 is 4.92 Å². The summed E-state index contributed by atoms with van der Waals surface area (Å²) in [4.78, 5) is 52.7. The first-order valence-electron chi connectivity index (χ1n) is 31.8. The minimum atomic E-state index is -0.417. The molecule has 12 heteroatoms. The molecule has 4 aromatic heterocycles. The molecule has 0 aliphatic rings. The van der Waals surface area contributed by atoms with Crippen molar-refractivity contribution < 1.29 is 14.4 Å². The zero-order valence-electron chi connectivity index (χ0n) is 50.4. The number of benzene rings is 8. The molecule has 0 saturated carbocycles. The van der Waals surface area contributed by atoms with Gasteiger partial charge in [-0.05, 0) is 137 Å². The van der Waals surface area contributed by atoms with E-state index in [1.807, 2.05) is 104 Å². The second-order valence-corrected chi connectivity index (χ2v) is 24.1. The molecular formula is C74H78N6O6. The largest absolute Gasteiger partial charge is 0.494 e. The lowest BCUT2D eigenvalue weighted by Crippen LogP contribution is -2.14. The van der Waals surface area contributed by atoms with Gasteiger partial charge >= 0.3 is 0 Å². The summed E-state index contributed by atoms with van der Waals surface area (Å²) in [5.74, 6) is 1.52. The number of imidazole rings is 2. The Labute approximate surface area is 501 Å². The molecule has 0 saturated heterocycles. The van der Waals surface area contributed by atoms with Gasteiger partial charge in [-0.1, -0.05) is 190 Å². The van der Waals surface area contributed by atoms with Crippen molar-refractivity contribution in [2.75, 3.05) is 18.9 Å². The van der Waals surface area contributed by atoms with Gasteiger partial charge in [-0.3, -0.25) is 28.5 Å². The van der Waals surface area contributed by atoms with Crippen LogP contribution in [0.25, 0.3) is 110 Å². The van der Waals surface area contributed by atoms with Crippen molar-refractivity contribution >= 4 is 87.8 Å². The van der Waals surface area contributed by atoms with Crippen molar-refractivity contribution in [1.82, 2.24) is 18.8 Å². The number of aromatic nitrogens is 4. The van der Waals surface area contributed by atoms with Crippen LogP contribution >= 0.6 is 0 Å². The van der Waals surface area contributed by atoms with Gasteiger partial charge in [-0.25, -0.2) is 9.97 Å². The second-order valence-electron chi connectivity index (χ2n) is 24.1. The summed E-state index contributed by atoms with van der Waals surface area (Å²) in [6, 6.07) is 39.1. The molecular weight excluding hydrogens is 1070 g/mol. The zero-order chi connectivity index (χ0) is 59.4. The van der Waals surface area contributed by atoms with E-state index in [4.69, 9.17) is 25.2 Å². The normalized spacial score (nSPS) is 12.0. The quantitative estimate of drug-likeness (QED) is 0.0218. The van der Waals surface area contributed by atoms with Crippen molar-refractivity contribution in [3.63, 3.8) is 0 Å². The van der Waals surface area contributed by atoms with Crippen molar-refractivity contribution in [1.29, 1.82) is 0 Å². The third-order valence-corrected chi connectivity index (χ3v) is 17.7. The van der Waals surface area contributed by atoms with Crippen LogP contribution in [0, 0.1) is 24.0 Å². The van der Waals surface area contributed by atoms with Gasteiger partial charge < -0.3 is 15.2 Å². The molecule has 12 rings (SSSR count). The maximum absolute atomic E-state index is 15.0. The van der Waals surface area contributed by atoms with Gasteiger partial charge in [0.25, 0.3) is 16.8 Å². The fourth-order valence-corrected chi connectivity index (χ4v) is 13.4. The first-order chi connectivity index (χ1) is 42.0. The van der Waals surface area contributed by atoms with Gasteiger partial charge in [0, 0.05) is 38.4 Å². The number of pyridine rings is 2. The molecule has 0 unspecified atom stereocenters. The number of ether oxygens (including phenoxy) is 2. The number of aryl methyl sites for hydroxylation is 2. The molecule has 0 aliphatic heterocycles. The molecule has 0 bridgehead atoms. The van der Waals surface area contributed by atoms with Gasteiger partial charge in [-0.2, -0.15) is 0 Å². The fraction of sp³-hybridized carbons (Fsp3) is 0.351. The van der Waals surface area contributed by atoms with Crippen LogP contribution in [0.2, 0.25) is 0 Å². The van der Waals surface area contributed by atoms with Crippen LogP contribution in [0.1, 0.15) is 153 Å². The molecule has 4 heterocycles. The van der Waals surface area contributed by atoms with Crippen LogP contribution in [-0.4, -0.2) is 36.9 Å². The number of hydrogen-bond acceptors (Lipinski definition) is 9. The minimum absolute atomic E-state index is 0.137. The lowest BCUT2D eigenvalue weighted by molar-refractivity contribution is -0.383. The number of fused-ring (bicyclic) bond motifs is 8. The van der Waals surface area contributed by atoms with Crippen LogP contribution in [-0.2, 0) is 0 Å². The number of nitrogen functional groups attached to an aromatic ring is 1. The van der Waals surface area contributed by atoms with Gasteiger partial charge in [0.15, 0.2) is 5.52 Å². The Balaban J connectivity index is 0.849. The number of nitrogens with two attached hydrogens (primary N) is 1. The number of anilines is 1. The van der Waals surface area contributed by atoms with E-state index in [2.05, 4.69) is 39.0 Å². The zero-order valence-corrected chi connectivity index (χ0v) is 50.4. The summed E-state index contributed by atoms with van der Waals surface area (Å²) < 4.78 is 15.8. The first-order valence-corrected chi connectivity index (χ1v) is 31.8. The Morgan fingerprint density at radius 2 is 0.849 bits per heavy atom. The minimum Gasteiger partial charge on any atom is -0.494 e. The highest BCUT2D eigenvalue weighted by Gasteiger charge is 2.26. The van der Waals surface area contributed by atoms with Crippen molar-refractivity contribution in [2.24, 2.45) is 0 Å². The van der Waals surface area contributed by atoms with E-state index in [0.29, 0.717) is 79.6 Å². The Morgan fingerprint density at radius 1 is 0.453 bits per heavy atom. The molecule has 0 amide bonds. The molecule has 0 aliphatic carbocycles. The number of nitro groups is 1. The predicted molar refractivity (Wildman–Crippen MR) is 355 cm³/mol. The number of rotatable bonds is 28. The SMILES string of the molecule is CCCCCCCCCCCCOc1cc(C)cc(-c2cc(N)c3nc4c5cccc6c(-c7ccc8c(=O)n9c%10cc(-c%11cc(C)cc(OCCCCCCCCCCCC)c%11)cc([N+](=O)[O-])c%10nc9c9cccc7c89)ccc(c(=O)n4c3c2)c65)c1. The Kier molecular flexibility index (Phi) is 17.1. The predicted octanol–water partition coefficient (Wildman–Crippen LogP) is 19.2. The summed E-state index contributed by atoms with van der Waals surface area (Å²) in [6.45, 7) is 9.82. The van der Waals surface area contributed by atoms with E-state index in [9.17, 15) is 10.1 Å². The van der Waals surface area contributed by atoms with Crippen LogP contribution in [0.3, 0.4) is 0 Å². The maximum Gasteiger partial charge on any atom is 0.297 e. The highest BCUT2D eigenvalue weighted by Crippen LogP contribution is 2.43. The fourth-order valence-electron chi connectivity index (χ4n) is 13.4. The molecule has 12 nitrogen and oxygen atoms in total. The molecule has 12 aromatic rings. The summed E-state index contributed by atoms with van der Waals surface area (Å²) in [5.41, 5.74) is 16.1. The van der Waals surface area contributed by atoms with Crippen LogP contribution in [0.15, 0.2) is 131 Å².